The molecule has 0 radical (unpaired) electrons. The van der Waals surface area contributed by atoms with Crippen LogP contribution in [0.4, 0.5) is 0 Å². The first kappa shape index (κ1) is 6.50. The lowest BCUT2D eigenvalue weighted by Gasteiger charge is -1.81. The van der Waals surface area contributed by atoms with Gasteiger partial charge in [0.05, 0.1) is 7.11 Å². The Morgan fingerprint density at radius 2 is 2.57 bits per heavy atom. The zero-order chi connectivity index (χ0) is 5.70. The molecular weight excluding hydrogens is 114 g/mol. The summed E-state index contributed by atoms with van der Waals surface area (Å²) < 4.78 is 4.42. The zero-order valence-electron chi connectivity index (χ0n) is 4.02. The van der Waals surface area contributed by atoms with Gasteiger partial charge >= 0.3 is 0 Å². The number of ether oxygens (including phenoxy) is 1. The fraction of sp³-hybridized carbons (Fsp3) is 0.250. The highest BCUT2D eigenvalue weighted by molar-refractivity contribution is 6.29. The van der Waals surface area contributed by atoms with Crippen LogP contribution in [0, 0.1) is 0 Å². The summed E-state index contributed by atoms with van der Waals surface area (Å²) in [4.78, 5) is 3.47. The molecule has 0 bridgehead atoms. The number of aliphatic imine (C=N–C) groups is 1. The summed E-state index contributed by atoms with van der Waals surface area (Å²) in [7, 11) is 1.49. The quantitative estimate of drug-likeness (QED) is 0.306. The Morgan fingerprint density at radius 3 is 2.71 bits per heavy atom. The van der Waals surface area contributed by atoms with Crippen LogP contribution in [0.5, 0.6) is 0 Å². The van der Waals surface area contributed by atoms with Crippen molar-refractivity contribution >= 4 is 18.0 Å². The average Bonchev–Trinajstić information content (AvgIpc) is 1.61. The Morgan fingerprint density at radius 1 is 2.00 bits per heavy atom. The molecule has 0 rings (SSSR count). The lowest BCUT2D eigenvalue weighted by molar-refractivity contribution is 0.423. The third kappa shape index (κ3) is 5.50. The first-order valence-corrected chi connectivity index (χ1v) is 2.05. The van der Waals surface area contributed by atoms with Gasteiger partial charge in [0.25, 0.3) is 0 Å². The van der Waals surface area contributed by atoms with Gasteiger partial charge in [0.15, 0.2) is 6.40 Å². The monoisotopic (exact) mass is 119 g/mol. The fourth-order valence-corrected chi connectivity index (χ4v) is 0.150. The van der Waals surface area contributed by atoms with Crippen molar-refractivity contribution in [1.29, 1.82) is 0 Å². The molecule has 0 amide bonds. The van der Waals surface area contributed by atoms with Crippen molar-refractivity contribution in [3.63, 3.8) is 0 Å². The van der Waals surface area contributed by atoms with Gasteiger partial charge in [-0.1, -0.05) is 18.2 Å². The third-order valence-electron chi connectivity index (χ3n) is 0.298. The van der Waals surface area contributed by atoms with E-state index in [0.717, 1.165) is 0 Å². The molecule has 0 saturated carbocycles. The minimum atomic E-state index is 0.224. The Hall–Kier alpha value is -0.500. The van der Waals surface area contributed by atoms with E-state index in [9.17, 15) is 0 Å². The topological polar surface area (TPSA) is 21.6 Å². The maximum atomic E-state index is 5.18. The summed E-state index contributed by atoms with van der Waals surface area (Å²) in [6.45, 7) is 3.28. The molecule has 2 nitrogen and oxygen atoms in total. The highest BCUT2D eigenvalue weighted by Crippen LogP contribution is 1.94. The number of hydrogen-bond donors (Lipinski definition) is 0. The maximum Gasteiger partial charge on any atom is 0.175 e. The summed E-state index contributed by atoms with van der Waals surface area (Å²) in [6, 6.07) is 0. The number of hydrogen-bond acceptors (Lipinski definition) is 2. The van der Waals surface area contributed by atoms with Crippen LogP contribution in [-0.2, 0) is 4.74 Å². The number of methoxy groups -OCH3 is 1. The molecule has 0 aliphatic carbocycles. The Bertz CT molecular complexity index is 89.7. The molecule has 0 unspecified atom stereocenters. The molecule has 0 saturated heterocycles. The normalized spacial score (nSPS) is 9.43. The lowest BCUT2D eigenvalue weighted by atomic mass is 11.0. The first-order chi connectivity index (χ1) is 3.27. The van der Waals surface area contributed by atoms with Crippen LogP contribution in [-0.4, -0.2) is 13.5 Å². The lowest BCUT2D eigenvalue weighted by Crippen LogP contribution is -1.73. The van der Waals surface area contributed by atoms with Gasteiger partial charge in [0, 0.05) is 0 Å². The molecule has 0 aliphatic heterocycles. The Kier molecular flexibility index (Phi) is 3.42. The van der Waals surface area contributed by atoms with Crippen molar-refractivity contribution in [2.24, 2.45) is 4.99 Å². The maximum absolute atomic E-state index is 5.18. The van der Waals surface area contributed by atoms with Gasteiger partial charge < -0.3 is 4.74 Å². The molecule has 3 heteroatoms. The van der Waals surface area contributed by atoms with Gasteiger partial charge in [-0.05, 0) is 0 Å². The van der Waals surface area contributed by atoms with Crippen LogP contribution in [0.1, 0.15) is 0 Å². The van der Waals surface area contributed by atoms with Crippen molar-refractivity contribution in [3.05, 3.63) is 11.7 Å². The molecule has 0 fully saturated rings. The molecule has 0 aromatic carbocycles. The Balaban J connectivity index is 3.26. The predicted octanol–water partition coefficient (Wildman–Crippen LogP) is 1.37. The molecule has 0 aromatic heterocycles. The molecule has 0 N–H and O–H groups in total. The van der Waals surface area contributed by atoms with Crippen LogP contribution in [0.3, 0.4) is 0 Å². The van der Waals surface area contributed by atoms with Crippen molar-refractivity contribution in [2.75, 3.05) is 7.11 Å². The highest BCUT2D eigenvalue weighted by Gasteiger charge is 1.71. The van der Waals surface area contributed by atoms with E-state index in [1.807, 2.05) is 0 Å². The van der Waals surface area contributed by atoms with Crippen LogP contribution in [0.25, 0.3) is 0 Å². The minimum Gasteiger partial charge on any atom is -0.486 e. The predicted molar refractivity (Wildman–Crippen MR) is 30.5 cm³/mol. The number of halogens is 1. The zero-order valence-corrected chi connectivity index (χ0v) is 4.77. The molecule has 0 aromatic rings. The molecule has 0 heterocycles. The van der Waals surface area contributed by atoms with E-state index in [0.29, 0.717) is 0 Å². The smallest absolute Gasteiger partial charge is 0.175 e. The van der Waals surface area contributed by atoms with Gasteiger partial charge in [0.1, 0.15) is 5.16 Å². The van der Waals surface area contributed by atoms with E-state index in [2.05, 4.69) is 16.3 Å². The minimum absolute atomic E-state index is 0.224. The van der Waals surface area contributed by atoms with E-state index in [1.54, 1.807) is 0 Å². The summed E-state index contributed by atoms with van der Waals surface area (Å²) >= 11 is 5.18. The van der Waals surface area contributed by atoms with Gasteiger partial charge in [-0.15, -0.1) is 0 Å². The van der Waals surface area contributed by atoms with Crippen molar-refractivity contribution in [2.45, 2.75) is 0 Å². The Labute approximate surface area is 47.5 Å². The average molecular weight is 120 g/mol. The highest BCUT2D eigenvalue weighted by atomic mass is 35.5. The standard InChI is InChI=1S/C4H6ClNO/c1-4(5)6-3-7-2/h3H,1H2,2H3/b6-3-. The molecule has 0 spiro atoms. The number of rotatable bonds is 2. The van der Waals surface area contributed by atoms with Crippen LogP contribution >= 0.6 is 11.6 Å². The third-order valence-corrected chi connectivity index (χ3v) is 0.396. The molecular formula is C4H6ClNO. The van der Waals surface area contributed by atoms with Crippen molar-refractivity contribution in [3.8, 4) is 0 Å². The van der Waals surface area contributed by atoms with Gasteiger partial charge in [-0.25, -0.2) is 4.99 Å². The van der Waals surface area contributed by atoms with E-state index in [1.165, 1.54) is 13.5 Å². The van der Waals surface area contributed by atoms with Gasteiger partial charge in [-0.3, -0.25) is 0 Å². The van der Waals surface area contributed by atoms with E-state index in [-0.39, 0.29) is 5.16 Å². The summed E-state index contributed by atoms with van der Waals surface area (Å²) in [5.41, 5.74) is 0. The number of nitrogens with zero attached hydrogens (tertiary/aromatic N) is 1. The van der Waals surface area contributed by atoms with E-state index in [4.69, 9.17) is 11.6 Å². The molecule has 7 heavy (non-hydrogen) atoms. The van der Waals surface area contributed by atoms with Crippen LogP contribution < -0.4 is 0 Å². The molecule has 0 atom stereocenters. The summed E-state index contributed by atoms with van der Waals surface area (Å²) in [5, 5.41) is 0.224. The van der Waals surface area contributed by atoms with E-state index < -0.39 is 0 Å². The van der Waals surface area contributed by atoms with Crippen molar-refractivity contribution < 1.29 is 4.74 Å². The van der Waals surface area contributed by atoms with Gasteiger partial charge in [0.2, 0.25) is 0 Å². The van der Waals surface area contributed by atoms with E-state index >= 15 is 0 Å². The SMILES string of the molecule is C=C(Cl)/N=C\OC. The second-order valence-electron chi connectivity index (χ2n) is 0.846. The summed E-state index contributed by atoms with van der Waals surface area (Å²) in [5.74, 6) is 0. The van der Waals surface area contributed by atoms with Crippen molar-refractivity contribution in [1.82, 2.24) is 0 Å². The second kappa shape index (κ2) is 3.68. The second-order valence-corrected chi connectivity index (χ2v) is 1.28. The summed E-state index contributed by atoms with van der Waals surface area (Å²) in [6.07, 6.45) is 1.22. The largest absolute Gasteiger partial charge is 0.486 e. The van der Waals surface area contributed by atoms with Crippen LogP contribution in [0.15, 0.2) is 16.7 Å². The van der Waals surface area contributed by atoms with Gasteiger partial charge in [-0.2, -0.15) is 0 Å². The molecule has 0 aliphatic rings. The fourth-order valence-electron chi connectivity index (χ4n) is 0.110. The molecule has 40 valence electrons. The van der Waals surface area contributed by atoms with Crippen LogP contribution in [0.2, 0.25) is 0 Å². The first-order valence-electron chi connectivity index (χ1n) is 1.67.